The number of hydrogen-bond donors (Lipinski definition) is 0. The summed E-state index contributed by atoms with van der Waals surface area (Å²) < 4.78 is 10.3. The van der Waals surface area contributed by atoms with Gasteiger partial charge in [0.2, 0.25) is 0 Å². The largest absolute Gasteiger partial charge is 0.468 e. The van der Waals surface area contributed by atoms with Crippen LogP contribution in [0.15, 0.2) is 12.1 Å². The van der Waals surface area contributed by atoms with Crippen LogP contribution in [0.5, 0.6) is 0 Å². The van der Waals surface area contributed by atoms with E-state index in [2.05, 4.69) is 17.9 Å². The predicted molar refractivity (Wildman–Crippen MR) is 71.1 cm³/mol. The second-order valence-electron chi connectivity index (χ2n) is 4.44. The molecule has 0 radical (unpaired) electrons. The molecule has 0 aliphatic carbocycles. The minimum Gasteiger partial charge on any atom is -0.468 e. The number of rotatable bonds is 4. The van der Waals surface area contributed by atoms with Crippen molar-refractivity contribution in [2.45, 2.75) is 12.8 Å². The van der Waals surface area contributed by atoms with Crippen LogP contribution in [0.25, 0.3) is 0 Å². The maximum Gasteiger partial charge on any atom is 0.315 e. The lowest BCUT2D eigenvalue weighted by molar-refractivity contribution is -0.143. The summed E-state index contributed by atoms with van der Waals surface area (Å²) in [7, 11) is 1.45. The average molecular weight is 269 g/mol. The lowest BCUT2D eigenvalue weighted by Crippen LogP contribution is -2.40. The molecule has 1 unspecified atom stereocenters. The Morgan fingerprint density at radius 1 is 1.50 bits per heavy atom. The fraction of sp³-hybridized carbons (Fsp3) is 0.615. The number of thiophene rings is 1. The van der Waals surface area contributed by atoms with Crippen LogP contribution in [-0.2, 0) is 14.3 Å². The van der Waals surface area contributed by atoms with Crippen LogP contribution >= 0.6 is 11.3 Å². The van der Waals surface area contributed by atoms with E-state index in [1.54, 1.807) is 11.3 Å². The number of morpholine rings is 1. The fourth-order valence-corrected chi connectivity index (χ4v) is 3.06. The van der Waals surface area contributed by atoms with Gasteiger partial charge in [-0.25, -0.2) is 0 Å². The molecule has 1 aliphatic heterocycles. The van der Waals surface area contributed by atoms with Gasteiger partial charge in [-0.05, 0) is 19.1 Å². The van der Waals surface area contributed by atoms with Crippen molar-refractivity contribution in [3.05, 3.63) is 21.9 Å². The minimum atomic E-state index is -0.174. The van der Waals surface area contributed by atoms with E-state index < -0.39 is 0 Å². The van der Waals surface area contributed by atoms with Gasteiger partial charge in [-0.15, -0.1) is 11.3 Å². The van der Waals surface area contributed by atoms with Gasteiger partial charge in [-0.3, -0.25) is 9.69 Å². The van der Waals surface area contributed by atoms with Gasteiger partial charge in [0.05, 0.1) is 20.3 Å². The Kier molecular flexibility index (Phi) is 4.74. The van der Waals surface area contributed by atoms with Crippen LogP contribution in [0.3, 0.4) is 0 Å². The highest BCUT2D eigenvalue weighted by molar-refractivity contribution is 7.12. The van der Waals surface area contributed by atoms with Crippen LogP contribution in [0.4, 0.5) is 0 Å². The zero-order valence-electron chi connectivity index (χ0n) is 10.8. The zero-order chi connectivity index (χ0) is 13.0. The van der Waals surface area contributed by atoms with Crippen LogP contribution in [-0.4, -0.2) is 50.8 Å². The van der Waals surface area contributed by atoms with Crippen molar-refractivity contribution in [2.24, 2.45) is 0 Å². The molecule has 1 aromatic rings. The molecule has 0 saturated carbocycles. The lowest BCUT2D eigenvalue weighted by Gasteiger charge is -2.29. The van der Waals surface area contributed by atoms with Crippen molar-refractivity contribution in [1.82, 2.24) is 4.90 Å². The Morgan fingerprint density at radius 2 is 2.22 bits per heavy atom. The smallest absolute Gasteiger partial charge is 0.315 e. The number of ether oxygens (including phenoxy) is 2. The van der Waals surface area contributed by atoms with E-state index in [4.69, 9.17) is 9.47 Å². The fourth-order valence-electron chi connectivity index (χ4n) is 2.11. The standard InChI is InChI=1S/C13H19NO3S/c1-10-3-4-12(18-10)11(13(15)16-2)9-14-5-7-17-8-6-14/h3-4,11H,5-9H2,1-2H3. The first kappa shape index (κ1) is 13.5. The first-order valence-corrected chi connectivity index (χ1v) is 6.96. The minimum absolute atomic E-state index is 0.150. The van der Waals surface area contributed by atoms with Gasteiger partial charge in [0.1, 0.15) is 5.92 Å². The monoisotopic (exact) mass is 269 g/mol. The molecule has 0 amide bonds. The van der Waals surface area contributed by atoms with Gasteiger partial charge < -0.3 is 9.47 Å². The van der Waals surface area contributed by atoms with Crippen LogP contribution in [0.1, 0.15) is 15.7 Å². The molecule has 5 heteroatoms. The Hall–Kier alpha value is -0.910. The molecule has 4 nitrogen and oxygen atoms in total. The van der Waals surface area contributed by atoms with Crippen molar-refractivity contribution >= 4 is 17.3 Å². The summed E-state index contributed by atoms with van der Waals surface area (Å²) in [4.78, 5) is 16.5. The number of carbonyl (C=O) groups is 1. The van der Waals surface area contributed by atoms with Crippen molar-refractivity contribution in [1.29, 1.82) is 0 Å². The van der Waals surface area contributed by atoms with Crippen molar-refractivity contribution < 1.29 is 14.3 Å². The zero-order valence-corrected chi connectivity index (χ0v) is 11.7. The van der Waals surface area contributed by atoms with E-state index >= 15 is 0 Å². The number of methoxy groups -OCH3 is 1. The molecule has 0 bridgehead atoms. The number of hydrogen-bond acceptors (Lipinski definition) is 5. The molecule has 0 N–H and O–H groups in total. The van der Waals surface area contributed by atoms with E-state index in [0.717, 1.165) is 37.7 Å². The number of carbonyl (C=O) groups excluding carboxylic acids is 1. The maximum atomic E-state index is 11.9. The van der Waals surface area contributed by atoms with Gasteiger partial charge in [0.15, 0.2) is 0 Å². The van der Waals surface area contributed by atoms with Gasteiger partial charge in [0, 0.05) is 29.4 Å². The van der Waals surface area contributed by atoms with Gasteiger partial charge >= 0.3 is 5.97 Å². The molecule has 1 fully saturated rings. The van der Waals surface area contributed by atoms with Gasteiger partial charge in [-0.2, -0.15) is 0 Å². The normalized spacial score (nSPS) is 18.6. The average Bonchev–Trinajstić information content (AvgIpc) is 2.83. The third kappa shape index (κ3) is 3.31. The maximum absolute atomic E-state index is 11.9. The summed E-state index contributed by atoms with van der Waals surface area (Å²) in [6.45, 7) is 6.04. The number of nitrogens with zero attached hydrogens (tertiary/aromatic N) is 1. The Bertz CT molecular complexity index is 399. The van der Waals surface area contributed by atoms with Gasteiger partial charge in [0.25, 0.3) is 0 Å². The molecule has 1 saturated heterocycles. The van der Waals surface area contributed by atoms with E-state index in [0.29, 0.717) is 0 Å². The SMILES string of the molecule is COC(=O)C(CN1CCOCC1)c1ccc(C)s1. The Labute approximate surface area is 111 Å². The van der Waals surface area contributed by atoms with Gasteiger partial charge in [-0.1, -0.05) is 0 Å². The first-order valence-electron chi connectivity index (χ1n) is 6.15. The second kappa shape index (κ2) is 6.31. The van der Waals surface area contributed by atoms with Crippen LogP contribution in [0, 0.1) is 6.92 Å². The Balaban J connectivity index is 2.07. The molecule has 1 atom stereocenters. The molecule has 0 aromatic carbocycles. The van der Waals surface area contributed by atoms with E-state index in [9.17, 15) is 4.79 Å². The summed E-state index contributed by atoms with van der Waals surface area (Å²) in [5, 5.41) is 0. The molecule has 100 valence electrons. The number of aryl methyl sites for hydroxylation is 1. The third-order valence-electron chi connectivity index (χ3n) is 3.13. The molecule has 18 heavy (non-hydrogen) atoms. The van der Waals surface area contributed by atoms with E-state index in [-0.39, 0.29) is 11.9 Å². The van der Waals surface area contributed by atoms with Crippen LogP contribution in [0.2, 0.25) is 0 Å². The first-order chi connectivity index (χ1) is 8.70. The molecule has 1 aliphatic rings. The summed E-state index contributed by atoms with van der Waals surface area (Å²) in [5.74, 6) is -0.324. The summed E-state index contributed by atoms with van der Waals surface area (Å²) in [6, 6.07) is 4.08. The summed E-state index contributed by atoms with van der Waals surface area (Å²) >= 11 is 1.67. The second-order valence-corrected chi connectivity index (χ2v) is 5.76. The van der Waals surface area contributed by atoms with Crippen LogP contribution < -0.4 is 0 Å². The van der Waals surface area contributed by atoms with Crippen molar-refractivity contribution in [3.63, 3.8) is 0 Å². The highest BCUT2D eigenvalue weighted by Crippen LogP contribution is 2.26. The number of esters is 1. The van der Waals surface area contributed by atoms with E-state index in [1.165, 1.54) is 12.0 Å². The third-order valence-corrected chi connectivity index (χ3v) is 4.25. The molecule has 0 spiro atoms. The predicted octanol–water partition coefficient (Wildman–Crippen LogP) is 1.65. The molecular formula is C13H19NO3S. The lowest BCUT2D eigenvalue weighted by atomic mass is 10.1. The van der Waals surface area contributed by atoms with E-state index in [1.807, 2.05) is 6.07 Å². The molecular weight excluding hydrogens is 250 g/mol. The topological polar surface area (TPSA) is 38.8 Å². The van der Waals surface area contributed by atoms with Crippen molar-refractivity contribution in [2.75, 3.05) is 40.0 Å². The molecule has 2 heterocycles. The summed E-state index contributed by atoms with van der Waals surface area (Å²) in [5.41, 5.74) is 0. The molecule has 1 aromatic heterocycles. The summed E-state index contributed by atoms with van der Waals surface area (Å²) in [6.07, 6.45) is 0. The highest BCUT2D eigenvalue weighted by atomic mass is 32.1. The highest BCUT2D eigenvalue weighted by Gasteiger charge is 2.26. The quantitative estimate of drug-likeness (QED) is 0.779. The molecule has 2 rings (SSSR count). The van der Waals surface area contributed by atoms with Crippen molar-refractivity contribution in [3.8, 4) is 0 Å². The Morgan fingerprint density at radius 3 is 2.78 bits per heavy atom.